The standard InChI is InChI=1S/C22H32F2O5/c1-11-6-13-14-8-16(23)15-7-12(26)4-5-19(15,2)21(14,24)17(27)9-20(13,3)22(11,29)18(28)10-25/h11,13-17,25,27,29H,4-10H2,1-3H3/t11-,13-,14-,15-,16-,17-,19-,20-,21-,22-/m0/s1. The predicted octanol–water partition coefficient (Wildman–Crippen LogP) is 2.15. The monoisotopic (exact) mass is 414 g/mol. The summed E-state index contributed by atoms with van der Waals surface area (Å²) in [6.07, 6.45) is -2.42. The molecule has 4 saturated carbocycles. The van der Waals surface area contributed by atoms with Gasteiger partial charge in [0.2, 0.25) is 0 Å². The van der Waals surface area contributed by atoms with Crippen molar-refractivity contribution >= 4 is 11.6 Å². The highest BCUT2D eigenvalue weighted by molar-refractivity contribution is 5.90. The zero-order chi connectivity index (χ0) is 21.6. The minimum atomic E-state index is -2.08. The molecule has 0 amide bonds. The molecule has 0 unspecified atom stereocenters. The zero-order valence-corrected chi connectivity index (χ0v) is 17.3. The lowest BCUT2D eigenvalue weighted by atomic mass is 9.41. The van der Waals surface area contributed by atoms with Crippen molar-refractivity contribution in [2.24, 2.45) is 34.5 Å². The molecule has 0 aliphatic heterocycles. The van der Waals surface area contributed by atoms with Crippen LogP contribution in [-0.4, -0.2) is 57.0 Å². The van der Waals surface area contributed by atoms with Crippen LogP contribution in [0.25, 0.3) is 0 Å². The molecule has 0 heterocycles. The van der Waals surface area contributed by atoms with Crippen LogP contribution >= 0.6 is 0 Å². The summed E-state index contributed by atoms with van der Waals surface area (Å²) in [5, 5.41) is 32.0. The van der Waals surface area contributed by atoms with E-state index < -0.39 is 70.4 Å². The summed E-state index contributed by atoms with van der Waals surface area (Å²) in [7, 11) is 0. The molecule has 0 bridgehead atoms. The van der Waals surface area contributed by atoms with Gasteiger partial charge in [-0.15, -0.1) is 0 Å². The molecule has 10 atom stereocenters. The minimum absolute atomic E-state index is 0.00590. The molecule has 0 aromatic heterocycles. The fourth-order valence-electron chi connectivity index (χ4n) is 8.08. The van der Waals surface area contributed by atoms with Gasteiger partial charge in [-0.1, -0.05) is 20.8 Å². The number of rotatable bonds is 2. The lowest BCUT2D eigenvalue weighted by Gasteiger charge is -2.65. The Morgan fingerprint density at radius 1 is 1.17 bits per heavy atom. The highest BCUT2D eigenvalue weighted by atomic mass is 19.1. The van der Waals surface area contributed by atoms with Gasteiger partial charge in [-0.2, -0.15) is 0 Å². The Hall–Kier alpha value is -0.920. The van der Waals surface area contributed by atoms with Gasteiger partial charge in [0.15, 0.2) is 5.78 Å². The lowest BCUT2D eigenvalue weighted by molar-refractivity contribution is -0.265. The summed E-state index contributed by atoms with van der Waals surface area (Å²) in [6, 6.07) is 0. The van der Waals surface area contributed by atoms with Crippen molar-refractivity contribution in [1.82, 2.24) is 0 Å². The van der Waals surface area contributed by atoms with Crippen LogP contribution in [0.15, 0.2) is 0 Å². The number of halogens is 2. The number of aliphatic hydroxyl groups excluding tert-OH is 2. The van der Waals surface area contributed by atoms with Gasteiger partial charge in [0.1, 0.15) is 29.8 Å². The van der Waals surface area contributed by atoms with E-state index in [0.717, 1.165) is 0 Å². The molecular weight excluding hydrogens is 382 g/mol. The van der Waals surface area contributed by atoms with Gasteiger partial charge in [0, 0.05) is 35.5 Å². The Morgan fingerprint density at radius 2 is 1.83 bits per heavy atom. The van der Waals surface area contributed by atoms with Gasteiger partial charge in [-0.3, -0.25) is 9.59 Å². The Balaban J connectivity index is 1.82. The molecule has 4 fully saturated rings. The summed E-state index contributed by atoms with van der Waals surface area (Å²) in [4.78, 5) is 24.5. The van der Waals surface area contributed by atoms with E-state index >= 15 is 8.78 Å². The van der Waals surface area contributed by atoms with Crippen LogP contribution in [0.1, 0.15) is 59.3 Å². The number of hydrogen-bond donors (Lipinski definition) is 3. The zero-order valence-electron chi connectivity index (χ0n) is 17.3. The van der Waals surface area contributed by atoms with Gasteiger partial charge in [0.05, 0.1) is 6.10 Å². The maximum Gasteiger partial charge on any atom is 0.190 e. The van der Waals surface area contributed by atoms with Crippen molar-refractivity contribution in [2.75, 3.05) is 6.61 Å². The summed E-state index contributed by atoms with van der Waals surface area (Å²) < 4.78 is 32.3. The second-order valence-electron chi connectivity index (χ2n) is 10.6. The molecule has 0 aromatic carbocycles. The van der Waals surface area contributed by atoms with Crippen molar-refractivity contribution in [3.05, 3.63) is 0 Å². The van der Waals surface area contributed by atoms with Crippen molar-refractivity contribution in [1.29, 1.82) is 0 Å². The van der Waals surface area contributed by atoms with Crippen LogP contribution in [0.3, 0.4) is 0 Å². The molecule has 4 aliphatic rings. The quantitative estimate of drug-likeness (QED) is 0.644. The van der Waals surface area contributed by atoms with Crippen LogP contribution < -0.4 is 0 Å². The number of aliphatic hydroxyl groups is 3. The van der Waals surface area contributed by atoms with E-state index in [1.54, 1.807) is 20.8 Å². The smallest absolute Gasteiger partial charge is 0.190 e. The maximum absolute atomic E-state index is 17.0. The number of hydrogen-bond acceptors (Lipinski definition) is 5. The summed E-state index contributed by atoms with van der Waals surface area (Å²) in [6.45, 7) is 4.20. The highest BCUT2D eigenvalue weighted by Crippen LogP contribution is 2.72. The molecule has 4 rings (SSSR count). The molecule has 29 heavy (non-hydrogen) atoms. The minimum Gasteiger partial charge on any atom is -0.390 e. The average molecular weight is 414 g/mol. The Bertz CT molecular complexity index is 745. The first-order valence-electron chi connectivity index (χ1n) is 10.8. The number of carbonyl (C=O) groups is 2. The Labute approximate surface area is 169 Å². The van der Waals surface area contributed by atoms with E-state index in [4.69, 9.17) is 0 Å². The summed E-state index contributed by atoms with van der Waals surface area (Å²) in [5.74, 6) is -3.45. The normalized spacial score (nSPS) is 57.0. The van der Waals surface area contributed by atoms with Crippen LogP contribution in [0, 0.1) is 34.5 Å². The molecule has 3 N–H and O–H groups in total. The molecule has 4 aliphatic carbocycles. The van der Waals surface area contributed by atoms with Gasteiger partial charge in [-0.05, 0) is 37.5 Å². The second kappa shape index (κ2) is 6.30. The van der Waals surface area contributed by atoms with E-state index in [1.807, 2.05) is 0 Å². The van der Waals surface area contributed by atoms with Gasteiger partial charge in [0.25, 0.3) is 0 Å². The average Bonchev–Trinajstić information content (AvgIpc) is 2.86. The predicted molar refractivity (Wildman–Crippen MR) is 100 cm³/mol. The van der Waals surface area contributed by atoms with Gasteiger partial charge >= 0.3 is 0 Å². The van der Waals surface area contributed by atoms with Crippen LogP contribution in [0.5, 0.6) is 0 Å². The van der Waals surface area contributed by atoms with Crippen molar-refractivity contribution in [3.63, 3.8) is 0 Å². The summed E-state index contributed by atoms with van der Waals surface area (Å²) in [5.41, 5.74) is -6.30. The van der Waals surface area contributed by atoms with Gasteiger partial charge < -0.3 is 15.3 Å². The fraction of sp³-hybridized carbons (Fsp3) is 0.909. The number of fused-ring (bicyclic) bond motifs is 5. The summed E-state index contributed by atoms with van der Waals surface area (Å²) >= 11 is 0. The number of Topliss-reactive ketones (excluding diaryl/α,β-unsaturated/α-hetero) is 2. The number of ketones is 2. The maximum atomic E-state index is 17.0. The first-order chi connectivity index (χ1) is 13.4. The largest absolute Gasteiger partial charge is 0.390 e. The fourth-order valence-corrected chi connectivity index (χ4v) is 8.08. The van der Waals surface area contributed by atoms with Crippen LogP contribution in [-0.2, 0) is 9.59 Å². The topological polar surface area (TPSA) is 94.8 Å². The number of alkyl halides is 2. The van der Waals surface area contributed by atoms with E-state index in [2.05, 4.69) is 0 Å². The van der Waals surface area contributed by atoms with Crippen LogP contribution in [0.2, 0.25) is 0 Å². The van der Waals surface area contributed by atoms with Crippen molar-refractivity contribution < 1.29 is 33.7 Å². The van der Waals surface area contributed by atoms with E-state index in [-0.39, 0.29) is 37.9 Å². The number of carbonyl (C=O) groups excluding carboxylic acids is 2. The molecule has 0 saturated heterocycles. The molecule has 5 nitrogen and oxygen atoms in total. The third kappa shape index (κ3) is 2.30. The molecule has 0 spiro atoms. The highest BCUT2D eigenvalue weighted by Gasteiger charge is 2.77. The van der Waals surface area contributed by atoms with Crippen molar-refractivity contribution in [2.45, 2.75) is 82.8 Å². The molecule has 164 valence electrons. The Morgan fingerprint density at radius 3 is 2.45 bits per heavy atom. The first-order valence-corrected chi connectivity index (χ1v) is 10.8. The molecule has 0 radical (unpaired) electrons. The molecular formula is C22H32F2O5. The second-order valence-corrected chi connectivity index (χ2v) is 10.6. The molecule has 0 aromatic rings. The third-order valence-corrected chi connectivity index (χ3v) is 9.69. The molecule has 7 heteroatoms. The SMILES string of the molecule is C[C@H]1C[C@H]2[C@@H]3C[C@H](F)[C@@H]4CC(=O)CC[C@]4(C)[C@@]3(F)[C@@H](O)C[C@]2(C)[C@@]1(O)C(=O)CO. The van der Waals surface area contributed by atoms with Gasteiger partial charge in [-0.25, -0.2) is 8.78 Å². The lowest BCUT2D eigenvalue weighted by Crippen LogP contribution is -2.72. The van der Waals surface area contributed by atoms with E-state index in [0.29, 0.717) is 6.42 Å². The van der Waals surface area contributed by atoms with Crippen LogP contribution in [0.4, 0.5) is 8.78 Å². The Kier molecular flexibility index (Phi) is 4.63. The van der Waals surface area contributed by atoms with E-state index in [9.17, 15) is 24.9 Å². The third-order valence-electron chi connectivity index (χ3n) is 9.69. The first kappa shape index (κ1) is 21.3. The van der Waals surface area contributed by atoms with Crippen molar-refractivity contribution in [3.8, 4) is 0 Å². The van der Waals surface area contributed by atoms with E-state index in [1.165, 1.54) is 0 Å².